The molecule has 6 heteroatoms. The zero-order chi connectivity index (χ0) is 20.9. The van der Waals surface area contributed by atoms with Crippen molar-refractivity contribution in [2.24, 2.45) is 0 Å². The topological polar surface area (TPSA) is 70.2 Å². The summed E-state index contributed by atoms with van der Waals surface area (Å²) < 4.78 is 13.1. The van der Waals surface area contributed by atoms with Gasteiger partial charge in [0.05, 0.1) is 0 Å². The Bertz CT molecular complexity index is 1130. The molecule has 0 saturated carbocycles. The molecule has 2 aromatic heterocycles. The molecule has 0 amide bonds. The van der Waals surface area contributed by atoms with E-state index in [0.717, 1.165) is 29.9 Å². The van der Waals surface area contributed by atoms with Crippen molar-refractivity contribution in [2.45, 2.75) is 26.8 Å². The van der Waals surface area contributed by atoms with E-state index in [1.807, 2.05) is 68.4 Å². The molecule has 0 radical (unpaired) electrons. The fraction of sp³-hybridized carbons (Fsp3) is 0.208. The number of hydrogen-bond donors (Lipinski definition) is 0. The number of Topliss-reactive ketones (excluding diaryl/α,β-unsaturated/α-hetero) is 1. The Hall–Kier alpha value is -3.67. The van der Waals surface area contributed by atoms with E-state index in [1.54, 1.807) is 0 Å². The first kappa shape index (κ1) is 19.6. The van der Waals surface area contributed by atoms with E-state index < -0.39 is 0 Å². The Balaban J connectivity index is 1.40. The van der Waals surface area contributed by atoms with Crippen LogP contribution in [0.3, 0.4) is 0 Å². The maximum absolute atomic E-state index is 12.7. The van der Waals surface area contributed by atoms with Crippen LogP contribution in [0.25, 0.3) is 11.5 Å². The van der Waals surface area contributed by atoms with E-state index in [9.17, 15) is 4.79 Å². The summed E-state index contributed by atoms with van der Waals surface area (Å²) >= 11 is 0. The first-order valence-electron chi connectivity index (χ1n) is 9.87. The van der Waals surface area contributed by atoms with Gasteiger partial charge >= 0.3 is 6.08 Å². The Kier molecular flexibility index (Phi) is 5.75. The number of rotatable bonds is 8. The van der Waals surface area contributed by atoms with Gasteiger partial charge in [0.1, 0.15) is 0 Å². The van der Waals surface area contributed by atoms with Crippen LogP contribution in [0.4, 0.5) is 0 Å². The number of hydrogen-bond acceptors (Lipinski definition) is 5. The van der Waals surface area contributed by atoms with Gasteiger partial charge in [-0.25, -0.2) is 0 Å². The monoisotopic (exact) mass is 401 g/mol. The Morgan fingerprint density at radius 1 is 1.00 bits per heavy atom. The van der Waals surface area contributed by atoms with Crippen LogP contribution in [-0.2, 0) is 13.0 Å². The summed E-state index contributed by atoms with van der Waals surface area (Å²) in [4.78, 5) is 12.7. The molecule has 0 bridgehead atoms. The molecule has 0 spiro atoms. The van der Waals surface area contributed by atoms with Crippen LogP contribution in [0.5, 0.6) is 6.08 Å². The zero-order valence-corrected chi connectivity index (χ0v) is 17.0. The fourth-order valence-electron chi connectivity index (χ4n) is 3.48. The van der Waals surface area contributed by atoms with Crippen LogP contribution in [0.1, 0.15) is 27.3 Å². The van der Waals surface area contributed by atoms with E-state index >= 15 is 0 Å². The fourth-order valence-corrected chi connectivity index (χ4v) is 3.48. The Morgan fingerprint density at radius 2 is 1.70 bits per heavy atom. The van der Waals surface area contributed by atoms with E-state index in [2.05, 4.69) is 26.9 Å². The van der Waals surface area contributed by atoms with Crippen LogP contribution in [-0.4, -0.2) is 27.2 Å². The third-order valence-electron chi connectivity index (χ3n) is 5.09. The van der Waals surface area contributed by atoms with E-state index in [1.165, 1.54) is 5.56 Å². The molecule has 152 valence electrons. The summed E-state index contributed by atoms with van der Waals surface area (Å²) in [6.07, 6.45) is 0.895. The van der Waals surface area contributed by atoms with Crippen molar-refractivity contribution < 1.29 is 13.9 Å². The molecular formula is C24H23N3O3. The number of carbonyl (C=O) groups excluding carboxylic acids is 1. The standard InChI is InChI=1S/C24H23N3O3/c1-17-15-21(18(2)27(17)14-13-19-9-5-3-6-10-19)22(28)16-29-24-26-25-23(30-24)20-11-7-4-8-12-20/h3-12,15H,13-14,16H2,1-2H3. The van der Waals surface area contributed by atoms with Crippen molar-refractivity contribution in [3.8, 4) is 17.5 Å². The number of nitrogens with zero attached hydrogens (tertiary/aromatic N) is 3. The second kappa shape index (κ2) is 8.78. The average molecular weight is 401 g/mol. The smallest absolute Gasteiger partial charge is 0.415 e. The summed E-state index contributed by atoms with van der Waals surface area (Å²) in [6.45, 7) is 4.64. The Morgan fingerprint density at radius 3 is 2.43 bits per heavy atom. The van der Waals surface area contributed by atoms with Crippen molar-refractivity contribution in [2.75, 3.05) is 6.61 Å². The number of carbonyl (C=O) groups is 1. The molecule has 30 heavy (non-hydrogen) atoms. The summed E-state index contributed by atoms with van der Waals surface area (Å²) in [5.74, 6) is 0.241. The van der Waals surface area contributed by atoms with E-state index in [-0.39, 0.29) is 18.5 Å². The highest BCUT2D eigenvalue weighted by molar-refractivity contribution is 5.98. The quantitative estimate of drug-likeness (QED) is 0.402. The van der Waals surface area contributed by atoms with Gasteiger partial charge in [0.2, 0.25) is 5.78 Å². The van der Waals surface area contributed by atoms with Crippen LogP contribution in [0, 0.1) is 13.8 Å². The van der Waals surface area contributed by atoms with Crippen molar-refractivity contribution in [3.05, 3.63) is 89.2 Å². The molecule has 0 atom stereocenters. The van der Waals surface area contributed by atoms with Crippen molar-refractivity contribution >= 4 is 5.78 Å². The predicted octanol–water partition coefficient (Wildman–Crippen LogP) is 4.66. The Labute approximate surface area is 175 Å². The summed E-state index contributed by atoms with van der Waals surface area (Å²) in [7, 11) is 0. The predicted molar refractivity (Wildman–Crippen MR) is 114 cm³/mol. The number of benzene rings is 2. The lowest BCUT2D eigenvalue weighted by Gasteiger charge is -2.10. The lowest BCUT2D eigenvalue weighted by atomic mass is 10.1. The first-order chi connectivity index (χ1) is 14.6. The number of ether oxygens (including phenoxy) is 1. The second-order valence-electron chi connectivity index (χ2n) is 7.12. The molecule has 0 fully saturated rings. The molecule has 0 aliphatic carbocycles. The van der Waals surface area contributed by atoms with E-state index in [0.29, 0.717) is 11.5 Å². The number of ketones is 1. The maximum Gasteiger partial charge on any atom is 0.415 e. The van der Waals surface area contributed by atoms with Gasteiger partial charge in [0.25, 0.3) is 5.89 Å². The van der Waals surface area contributed by atoms with Gasteiger partial charge in [0, 0.05) is 29.1 Å². The van der Waals surface area contributed by atoms with Gasteiger partial charge in [0.15, 0.2) is 6.61 Å². The molecule has 6 nitrogen and oxygen atoms in total. The molecule has 4 rings (SSSR count). The van der Waals surface area contributed by atoms with Crippen molar-refractivity contribution in [1.82, 2.24) is 14.8 Å². The largest absolute Gasteiger partial charge is 0.441 e. The first-order valence-corrected chi connectivity index (χ1v) is 9.87. The molecule has 4 aromatic rings. The molecule has 0 saturated heterocycles. The number of aromatic nitrogens is 3. The molecular weight excluding hydrogens is 378 g/mol. The average Bonchev–Trinajstić information content (AvgIpc) is 3.36. The minimum atomic E-state index is -0.153. The van der Waals surface area contributed by atoms with Crippen LogP contribution >= 0.6 is 0 Å². The van der Waals surface area contributed by atoms with Gasteiger partial charge in [-0.05, 0) is 44.0 Å². The van der Waals surface area contributed by atoms with Gasteiger partial charge in [-0.1, -0.05) is 53.6 Å². The van der Waals surface area contributed by atoms with Crippen LogP contribution in [0.15, 0.2) is 71.1 Å². The lowest BCUT2D eigenvalue weighted by Crippen LogP contribution is -2.13. The minimum Gasteiger partial charge on any atom is -0.441 e. The molecule has 0 aliphatic heterocycles. The summed E-state index contributed by atoms with van der Waals surface area (Å²) in [6, 6.07) is 21.6. The summed E-state index contributed by atoms with van der Waals surface area (Å²) in [5, 5.41) is 7.84. The van der Waals surface area contributed by atoms with Gasteiger partial charge in [-0.2, -0.15) is 0 Å². The lowest BCUT2D eigenvalue weighted by molar-refractivity contribution is 0.0893. The second-order valence-corrected chi connectivity index (χ2v) is 7.12. The van der Waals surface area contributed by atoms with Gasteiger partial charge in [-0.15, -0.1) is 5.10 Å². The third kappa shape index (κ3) is 4.33. The van der Waals surface area contributed by atoms with Crippen molar-refractivity contribution in [1.29, 1.82) is 0 Å². The highest BCUT2D eigenvalue weighted by Crippen LogP contribution is 2.21. The van der Waals surface area contributed by atoms with E-state index in [4.69, 9.17) is 9.15 Å². The number of aryl methyl sites for hydroxylation is 2. The third-order valence-corrected chi connectivity index (χ3v) is 5.09. The molecule has 0 unspecified atom stereocenters. The van der Waals surface area contributed by atoms with Gasteiger partial charge < -0.3 is 13.7 Å². The SMILES string of the molecule is Cc1cc(C(=O)COc2nnc(-c3ccccc3)o2)c(C)n1CCc1ccccc1. The summed E-state index contributed by atoms with van der Waals surface area (Å²) in [5.41, 5.74) is 4.71. The highest BCUT2D eigenvalue weighted by atomic mass is 16.6. The minimum absolute atomic E-state index is 0.0138. The molecule has 2 aromatic carbocycles. The molecule has 0 aliphatic rings. The van der Waals surface area contributed by atoms with Crippen LogP contribution < -0.4 is 4.74 Å². The van der Waals surface area contributed by atoms with Crippen LogP contribution in [0.2, 0.25) is 0 Å². The van der Waals surface area contributed by atoms with Crippen molar-refractivity contribution in [3.63, 3.8) is 0 Å². The molecule has 2 heterocycles. The highest BCUT2D eigenvalue weighted by Gasteiger charge is 2.18. The maximum atomic E-state index is 12.7. The van der Waals surface area contributed by atoms with Gasteiger partial charge in [-0.3, -0.25) is 4.79 Å². The normalized spacial score (nSPS) is 10.9. The zero-order valence-electron chi connectivity index (χ0n) is 17.0. The molecule has 0 N–H and O–H groups in total.